The van der Waals surface area contributed by atoms with Gasteiger partial charge < -0.3 is 4.74 Å². The molecule has 7 aromatic rings. The fourth-order valence-corrected chi connectivity index (χ4v) is 10.5. The Labute approximate surface area is 339 Å². The van der Waals surface area contributed by atoms with Crippen LogP contribution in [0.3, 0.4) is 0 Å². The Morgan fingerprint density at radius 1 is 0.614 bits per heavy atom. The van der Waals surface area contributed by atoms with Gasteiger partial charge in [-0.2, -0.15) is 0 Å². The maximum absolute atomic E-state index is 6.69. The van der Waals surface area contributed by atoms with Gasteiger partial charge in [-0.05, 0) is 176 Å². The molecule has 2 aliphatic carbocycles. The predicted octanol–water partition coefficient (Wildman–Crippen LogP) is 14.8. The Morgan fingerprint density at radius 3 is 2.14 bits per heavy atom. The number of ether oxygens (including phenoxy) is 1. The summed E-state index contributed by atoms with van der Waals surface area (Å²) in [5.74, 6) is 4.57. The minimum atomic E-state index is 0.458. The second kappa shape index (κ2) is 14.6. The smallest absolute Gasteiger partial charge is 0.137 e. The quantitative estimate of drug-likeness (QED) is 0.163. The van der Waals surface area contributed by atoms with Crippen LogP contribution in [0.1, 0.15) is 101 Å². The van der Waals surface area contributed by atoms with Gasteiger partial charge >= 0.3 is 0 Å². The Morgan fingerprint density at radius 2 is 1.37 bits per heavy atom. The van der Waals surface area contributed by atoms with Crippen LogP contribution >= 0.6 is 0 Å². The van der Waals surface area contributed by atoms with Gasteiger partial charge in [0.05, 0.1) is 16.7 Å². The van der Waals surface area contributed by atoms with Gasteiger partial charge in [0.2, 0.25) is 0 Å². The van der Waals surface area contributed by atoms with Crippen LogP contribution in [-0.2, 0) is 0 Å². The average molecular weight is 752 g/mol. The lowest BCUT2D eigenvalue weighted by molar-refractivity contribution is 0.0289. The molecule has 2 fully saturated rings. The van der Waals surface area contributed by atoms with Gasteiger partial charge in [0.1, 0.15) is 17.3 Å². The highest BCUT2D eigenvalue weighted by Gasteiger charge is 2.43. The summed E-state index contributed by atoms with van der Waals surface area (Å²) in [6.07, 6.45) is 13.5. The van der Waals surface area contributed by atoms with Crippen molar-refractivity contribution < 1.29 is 4.74 Å². The van der Waals surface area contributed by atoms with Gasteiger partial charge in [0, 0.05) is 34.8 Å². The third kappa shape index (κ3) is 7.17. The molecule has 9 rings (SSSR count). The van der Waals surface area contributed by atoms with Crippen molar-refractivity contribution in [3.63, 3.8) is 0 Å². The summed E-state index contributed by atoms with van der Waals surface area (Å²) in [6, 6.07) is 36.8. The first-order valence-corrected chi connectivity index (χ1v) is 21.3. The first-order chi connectivity index (χ1) is 27.4. The monoisotopic (exact) mass is 751 g/mol. The van der Waals surface area contributed by atoms with Crippen LogP contribution in [0.25, 0.3) is 50.0 Å². The summed E-state index contributed by atoms with van der Waals surface area (Å²) in [5, 5.41) is 2.36. The van der Waals surface area contributed by atoms with E-state index in [2.05, 4.69) is 156 Å². The Balaban J connectivity index is 1.01. The summed E-state index contributed by atoms with van der Waals surface area (Å²) >= 11 is 0. The van der Waals surface area contributed by atoms with Crippen LogP contribution in [0.15, 0.2) is 116 Å². The zero-order valence-corrected chi connectivity index (χ0v) is 34.9. The highest BCUT2D eigenvalue weighted by molar-refractivity contribution is 6.10. The van der Waals surface area contributed by atoms with E-state index < -0.39 is 0 Å². The number of rotatable bonds is 7. The first kappa shape index (κ1) is 37.4. The molecule has 2 saturated carbocycles. The molecule has 4 aromatic carbocycles. The second-order valence-electron chi connectivity index (χ2n) is 18.7. The third-order valence-corrected chi connectivity index (χ3v) is 14.2. The van der Waals surface area contributed by atoms with Crippen molar-refractivity contribution in [2.24, 2.45) is 22.7 Å². The molecule has 4 heteroatoms. The maximum atomic E-state index is 6.69. The minimum absolute atomic E-state index is 0.458. The molecule has 3 unspecified atom stereocenters. The van der Waals surface area contributed by atoms with Gasteiger partial charge in [0.15, 0.2) is 0 Å². The summed E-state index contributed by atoms with van der Waals surface area (Å²) < 4.78 is 8.97. The highest BCUT2D eigenvalue weighted by atomic mass is 16.5. The highest BCUT2D eigenvalue weighted by Crippen LogP contribution is 2.55. The summed E-state index contributed by atoms with van der Waals surface area (Å²) in [4.78, 5) is 9.90. The van der Waals surface area contributed by atoms with Gasteiger partial charge in [-0.15, -0.1) is 0 Å². The van der Waals surface area contributed by atoms with Crippen LogP contribution in [0.4, 0.5) is 0 Å². The fraction of sp³-hybridized carbons (Fsp3) is 0.358. The van der Waals surface area contributed by atoms with E-state index in [0.717, 1.165) is 45.5 Å². The number of benzene rings is 4. The molecule has 0 aliphatic heterocycles. The van der Waals surface area contributed by atoms with E-state index in [4.69, 9.17) is 14.7 Å². The van der Waals surface area contributed by atoms with E-state index in [9.17, 15) is 0 Å². The van der Waals surface area contributed by atoms with Crippen LogP contribution in [0.2, 0.25) is 0 Å². The lowest BCUT2D eigenvalue weighted by Crippen LogP contribution is -2.38. The van der Waals surface area contributed by atoms with Gasteiger partial charge in [-0.1, -0.05) is 76.2 Å². The normalized spacial score (nSPS) is 21.2. The summed E-state index contributed by atoms with van der Waals surface area (Å²) in [6.45, 7) is 16.6. The molecule has 0 N–H and O–H groups in total. The number of aryl methyl sites for hydroxylation is 3. The van der Waals surface area contributed by atoms with Crippen LogP contribution in [0, 0.1) is 43.4 Å². The average Bonchev–Trinajstić information content (AvgIpc) is 3.52. The molecular weight excluding hydrogens is 695 g/mol. The van der Waals surface area contributed by atoms with E-state index in [1.165, 1.54) is 89.1 Å². The largest absolute Gasteiger partial charge is 0.457 e. The summed E-state index contributed by atoms with van der Waals surface area (Å²) in [5.41, 5.74) is 12.8. The zero-order valence-electron chi connectivity index (χ0n) is 34.9. The molecule has 3 aromatic heterocycles. The summed E-state index contributed by atoms with van der Waals surface area (Å²) in [7, 11) is 0. The molecular formula is C53H57N3O. The van der Waals surface area contributed by atoms with Crippen molar-refractivity contribution in [2.75, 3.05) is 0 Å². The number of nitrogens with zero attached hydrogens (tertiary/aromatic N) is 3. The number of pyridine rings is 2. The number of fused-ring (bicyclic) bond motifs is 3. The van der Waals surface area contributed by atoms with Crippen LogP contribution in [0.5, 0.6) is 11.5 Å². The maximum Gasteiger partial charge on any atom is 0.137 e. The lowest BCUT2D eigenvalue weighted by atomic mass is 9.56. The molecule has 3 atom stereocenters. The molecule has 0 spiro atoms. The van der Waals surface area contributed by atoms with Crippen LogP contribution < -0.4 is 4.74 Å². The molecule has 0 radical (unpaired) electrons. The topological polar surface area (TPSA) is 39.9 Å². The molecule has 2 aliphatic rings. The Kier molecular flexibility index (Phi) is 9.58. The molecule has 0 saturated heterocycles. The minimum Gasteiger partial charge on any atom is -0.457 e. The molecule has 0 bridgehead atoms. The Hall–Kier alpha value is -5.22. The van der Waals surface area contributed by atoms with E-state index in [-0.39, 0.29) is 0 Å². The van der Waals surface area contributed by atoms with Crippen molar-refractivity contribution in [1.29, 1.82) is 0 Å². The molecule has 0 amide bonds. The first-order valence-electron chi connectivity index (χ1n) is 21.3. The van der Waals surface area contributed by atoms with Crippen molar-refractivity contribution in [1.82, 2.24) is 14.5 Å². The lowest BCUT2D eigenvalue weighted by Gasteiger charge is -2.49. The van der Waals surface area contributed by atoms with Crippen molar-refractivity contribution in [3.8, 4) is 39.7 Å². The SMILES string of the molecule is Cc1cnc(-n2c3ccc(-c4ccccc4)cc3c3ccc(Oc4cccc(-c5cc(C6CCC(C)(C7CCC(C)(C)CC7)CC6C)c(C)cn5)c4)cc32)cc1C. The molecule has 4 nitrogen and oxygen atoms in total. The van der Waals surface area contributed by atoms with Gasteiger partial charge in [-0.3, -0.25) is 9.55 Å². The second-order valence-corrected chi connectivity index (χ2v) is 18.7. The molecule has 3 heterocycles. The number of hydrogen-bond acceptors (Lipinski definition) is 3. The van der Waals surface area contributed by atoms with Crippen molar-refractivity contribution in [2.45, 2.75) is 99.3 Å². The number of hydrogen-bond donors (Lipinski definition) is 0. The van der Waals surface area contributed by atoms with E-state index in [0.29, 0.717) is 22.7 Å². The Bertz CT molecular complexity index is 2590. The van der Waals surface area contributed by atoms with Crippen molar-refractivity contribution >= 4 is 21.8 Å². The van der Waals surface area contributed by atoms with E-state index in [1.807, 2.05) is 12.3 Å². The molecule has 57 heavy (non-hydrogen) atoms. The standard InChI is InChI=1S/C53H57N3O/c1-34-26-51(55-32-36(34)3)56-49-19-16-39(38-12-9-8-10-13-38)28-47(49)45-18-17-43(29-50(45)56)57-42-15-11-14-40(27-42)48-30-46(37(4)33-54-48)44-22-25-53(7,31-35(44)2)41-20-23-52(5,6)24-21-41/h8-19,26-30,32-33,35,41,44H,20-25,31H2,1-7H3. The van der Waals surface area contributed by atoms with Gasteiger partial charge in [-0.25, -0.2) is 4.98 Å². The number of aromatic nitrogens is 3. The third-order valence-electron chi connectivity index (χ3n) is 14.2. The van der Waals surface area contributed by atoms with Crippen LogP contribution in [-0.4, -0.2) is 14.5 Å². The van der Waals surface area contributed by atoms with E-state index >= 15 is 0 Å². The van der Waals surface area contributed by atoms with Crippen molar-refractivity contribution in [3.05, 3.63) is 138 Å². The van der Waals surface area contributed by atoms with E-state index in [1.54, 1.807) is 0 Å². The predicted molar refractivity (Wildman–Crippen MR) is 238 cm³/mol. The zero-order chi connectivity index (χ0) is 39.5. The fourth-order valence-electron chi connectivity index (χ4n) is 10.5. The van der Waals surface area contributed by atoms with Gasteiger partial charge in [0.25, 0.3) is 0 Å². The molecule has 290 valence electrons.